The minimum Gasteiger partial charge on any atom is -0.308 e. The minimum absolute atomic E-state index is 1.09. The van der Waals surface area contributed by atoms with Crippen molar-refractivity contribution in [3.05, 3.63) is 218 Å². The number of aromatic nitrogens is 1. The lowest BCUT2D eigenvalue weighted by atomic mass is 9.91. The Morgan fingerprint density at radius 2 is 0.857 bits per heavy atom. The Bertz CT molecular complexity index is 3220. The second kappa shape index (κ2) is 13.2. The Labute approximate surface area is 325 Å². The lowest BCUT2D eigenvalue weighted by Gasteiger charge is -2.28. The van der Waals surface area contributed by atoms with E-state index >= 15 is 0 Å². The second-order valence-electron chi connectivity index (χ2n) is 14.5. The van der Waals surface area contributed by atoms with Gasteiger partial charge in [-0.2, -0.15) is 0 Å². The summed E-state index contributed by atoms with van der Waals surface area (Å²) in [6.07, 6.45) is 0. The van der Waals surface area contributed by atoms with Crippen molar-refractivity contribution in [3.63, 3.8) is 0 Å². The van der Waals surface area contributed by atoms with Gasteiger partial charge >= 0.3 is 0 Å². The number of hydrogen-bond donors (Lipinski definition) is 0. The van der Waals surface area contributed by atoms with Crippen molar-refractivity contribution in [2.75, 3.05) is 4.90 Å². The van der Waals surface area contributed by atoms with Crippen molar-refractivity contribution in [2.45, 2.75) is 0 Å². The molecular weight excluding hydrogens is 677 g/mol. The molecule has 0 bridgehead atoms. The molecule has 0 N–H and O–H groups in total. The Morgan fingerprint density at radius 3 is 1.61 bits per heavy atom. The van der Waals surface area contributed by atoms with Gasteiger partial charge in [0, 0.05) is 27.5 Å². The first-order valence-corrected chi connectivity index (χ1v) is 19.3. The lowest BCUT2D eigenvalue weighted by Crippen LogP contribution is -2.12. The van der Waals surface area contributed by atoms with Crippen LogP contribution in [0.1, 0.15) is 0 Å². The van der Waals surface area contributed by atoms with E-state index in [-0.39, 0.29) is 0 Å². The summed E-state index contributed by atoms with van der Waals surface area (Å²) in [5, 5.41) is 9.90. The summed E-state index contributed by atoms with van der Waals surface area (Å²) in [5.41, 5.74) is 11.7. The minimum atomic E-state index is 1.09. The zero-order valence-corrected chi connectivity index (χ0v) is 30.7. The van der Waals surface area contributed by atoms with Crippen molar-refractivity contribution >= 4 is 71.2 Å². The van der Waals surface area contributed by atoms with E-state index in [0.717, 1.165) is 22.7 Å². The van der Waals surface area contributed by atoms with Crippen LogP contribution in [0.25, 0.3) is 82.1 Å². The smallest absolute Gasteiger partial charge is 0.0782 e. The molecular formula is C54H36N2. The molecule has 262 valence electrons. The zero-order chi connectivity index (χ0) is 37.0. The molecule has 1 heterocycles. The predicted molar refractivity (Wildman–Crippen MR) is 239 cm³/mol. The topological polar surface area (TPSA) is 8.17 Å². The number of fused-ring (bicyclic) bond motifs is 7. The first kappa shape index (κ1) is 32.0. The molecule has 0 radical (unpaired) electrons. The third kappa shape index (κ3) is 5.11. The molecule has 0 aliphatic rings. The van der Waals surface area contributed by atoms with Crippen molar-refractivity contribution in [1.29, 1.82) is 0 Å². The van der Waals surface area contributed by atoms with Gasteiger partial charge in [0.05, 0.1) is 22.4 Å². The van der Waals surface area contributed by atoms with E-state index in [4.69, 9.17) is 0 Å². The van der Waals surface area contributed by atoms with E-state index in [1.54, 1.807) is 0 Å². The van der Waals surface area contributed by atoms with Gasteiger partial charge < -0.3 is 9.47 Å². The molecule has 1 aromatic heterocycles. The normalized spacial score (nSPS) is 11.6. The van der Waals surface area contributed by atoms with Crippen LogP contribution in [0.2, 0.25) is 0 Å². The standard InChI is InChI=1S/C54H36N2/c1-3-15-38(16-4-1)45-26-11-20-41-21-12-27-46(52(41)45)40-31-34-43(35-32-40)55(49-29-13-19-37-17-7-9-24-44(37)49)51-30-14-28-48-53-47-25-10-8-18-39(47)33-36-50(53)56(54(48)51)42-22-5-2-6-23-42/h1-36H. The van der Waals surface area contributed by atoms with E-state index in [1.807, 2.05) is 0 Å². The van der Waals surface area contributed by atoms with Crippen molar-refractivity contribution < 1.29 is 0 Å². The molecule has 11 aromatic rings. The molecule has 0 aliphatic carbocycles. The molecule has 0 unspecified atom stereocenters. The molecule has 0 saturated carbocycles. The van der Waals surface area contributed by atoms with Gasteiger partial charge in [-0.15, -0.1) is 0 Å². The highest BCUT2D eigenvalue weighted by molar-refractivity contribution is 6.24. The van der Waals surface area contributed by atoms with Crippen LogP contribution in [0.3, 0.4) is 0 Å². The Hall–Kier alpha value is -7.42. The monoisotopic (exact) mass is 712 g/mol. The summed E-state index contributed by atoms with van der Waals surface area (Å²) in [6, 6.07) is 79.5. The molecule has 2 heteroatoms. The van der Waals surface area contributed by atoms with Gasteiger partial charge in [0.25, 0.3) is 0 Å². The van der Waals surface area contributed by atoms with Gasteiger partial charge in [-0.1, -0.05) is 176 Å². The highest BCUT2D eigenvalue weighted by Crippen LogP contribution is 2.47. The molecule has 0 aliphatic heterocycles. The first-order chi connectivity index (χ1) is 27.8. The van der Waals surface area contributed by atoms with Gasteiger partial charge in [-0.3, -0.25) is 0 Å². The Morgan fingerprint density at radius 1 is 0.321 bits per heavy atom. The molecule has 0 spiro atoms. The van der Waals surface area contributed by atoms with E-state index in [2.05, 4.69) is 228 Å². The maximum absolute atomic E-state index is 2.47. The van der Waals surface area contributed by atoms with Gasteiger partial charge in [0.1, 0.15) is 0 Å². The Balaban J connectivity index is 1.18. The number of benzene rings is 10. The second-order valence-corrected chi connectivity index (χ2v) is 14.5. The van der Waals surface area contributed by atoms with Crippen molar-refractivity contribution in [1.82, 2.24) is 4.57 Å². The van der Waals surface area contributed by atoms with Gasteiger partial charge in [0.2, 0.25) is 0 Å². The summed E-state index contributed by atoms with van der Waals surface area (Å²) < 4.78 is 2.46. The predicted octanol–water partition coefficient (Wildman–Crippen LogP) is 15.0. The summed E-state index contributed by atoms with van der Waals surface area (Å²) in [4.78, 5) is 2.47. The van der Waals surface area contributed by atoms with Crippen LogP contribution in [0.4, 0.5) is 17.1 Å². The molecule has 0 fully saturated rings. The fourth-order valence-electron chi connectivity index (χ4n) is 8.88. The molecule has 2 nitrogen and oxygen atoms in total. The van der Waals surface area contributed by atoms with Crippen LogP contribution in [-0.2, 0) is 0 Å². The van der Waals surface area contributed by atoms with Crippen molar-refractivity contribution in [3.8, 4) is 27.9 Å². The van der Waals surface area contributed by atoms with Crippen LogP contribution in [0.15, 0.2) is 218 Å². The van der Waals surface area contributed by atoms with E-state index in [1.165, 1.54) is 76.4 Å². The highest BCUT2D eigenvalue weighted by Gasteiger charge is 2.24. The molecule has 0 amide bonds. The third-order valence-corrected chi connectivity index (χ3v) is 11.3. The third-order valence-electron chi connectivity index (χ3n) is 11.3. The van der Waals surface area contributed by atoms with Gasteiger partial charge in [0.15, 0.2) is 0 Å². The molecule has 10 aromatic carbocycles. The van der Waals surface area contributed by atoms with E-state index < -0.39 is 0 Å². The Kier molecular flexibility index (Phi) is 7.53. The summed E-state index contributed by atoms with van der Waals surface area (Å²) in [5.74, 6) is 0. The summed E-state index contributed by atoms with van der Waals surface area (Å²) in [6.45, 7) is 0. The summed E-state index contributed by atoms with van der Waals surface area (Å²) in [7, 11) is 0. The van der Waals surface area contributed by atoms with Crippen molar-refractivity contribution in [2.24, 2.45) is 0 Å². The average molecular weight is 713 g/mol. The van der Waals surface area contributed by atoms with Gasteiger partial charge in [-0.25, -0.2) is 0 Å². The number of nitrogens with zero attached hydrogens (tertiary/aromatic N) is 2. The molecule has 0 saturated heterocycles. The van der Waals surface area contributed by atoms with Crippen LogP contribution in [0, 0.1) is 0 Å². The van der Waals surface area contributed by atoms with Crippen LogP contribution >= 0.6 is 0 Å². The number of hydrogen-bond acceptors (Lipinski definition) is 1. The lowest BCUT2D eigenvalue weighted by molar-refractivity contribution is 1.17. The molecule has 11 rings (SSSR count). The fraction of sp³-hybridized carbons (Fsp3) is 0. The van der Waals surface area contributed by atoms with Crippen LogP contribution < -0.4 is 4.90 Å². The maximum atomic E-state index is 2.47. The number of anilines is 3. The van der Waals surface area contributed by atoms with Crippen LogP contribution in [0.5, 0.6) is 0 Å². The number of rotatable bonds is 6. The quantitative estimate of drug-likeness (QED) is 0.167. The fourth-order valence-corrected chi connectivity index (χ4v) is 8.88. The first-order valence-electron chi connectivity index (χ1n) is 19.3. The maximum Gasteiger partial charge on any atom is 0.0782 e. The average Bonchev–Trinajstić information content (AvgIpc) is 3.63. The highest BCUT2D eigenvalue weighted by atomic mass is 15.2. The molecule has 0 atom stereocenters. The van der Waals surface area contributed by atoms with E-state index in [9.17, 15) is 0 Å². The summed E-state index contributed by atoms with van der Waals surface area (Å²) >= 11 is 0. The van der Waals surface area contributed by atoms with Gasteiger partial charge in [-0.05, 0) is 91.6 Å². The zero-order valence-electron chi connectivity index (χ0n) is 30.7. The molecule has 56 heavy (non-hydrogen) atoms. The van der Waals surface area contributed by atoms with Crippen LogP contribution in [-0.4, -0.2) is 4.57 Å². The van der Waals surface area contributed by atoms with E-state index in [0.29, 0.717) is 0 Å². The largest absolute Gasteiger partial charge is 0.308 e. The number of para-hydroxylation sites is 2. The SMILES string of the molecule is c1ccc(-c2cccc3cccc(-c4ccc(N(c5cccc6ccccc56)c5cccc6c7c8ccccc8ccc7n(-c7ccccc7)c56)cc4)c23)cc1.